The van der Waals surface area contributed by atoms with Crippen molar-refractivity contribution in [3.8, 4) is 0 Å². The van der Waals surface area contributed by atoms with Gasteiger partial charge in [0.05, 0.1) is 6.61 Å². The van der Waals surface area contributed by atoms with Crippen LogP contribution in [0.15, 0.2) is 30.3 Å². The number of ether oxygens (including phenoxy) is 1. The van der Waals surface area contributed by atoms with Crippen LogP contribution in [0.1, 0.15) is 18.6 Å². The molecular formula is C11H16NO3+. The number of hydrogen-bond acceptors (Lipinski definition) is 3. The van der Waals surface area contributed by atoms with Gasteiger partial charge in [0, 0.05) is 0 Å². The van der Waals surface area contributed by atoms with Gasteiger partial charge in [0.25, 0.3) is 0 Å². The van der Waals surface area contributed by atoms with E-state index in [0.29, 0.717) is 12.2 Å². The number of rotatable bonds is 4. The van der Waals surface area contributed by atoms with Crippen LogP contribution in [0.5, 0.6) is 0 Å². The van der Waals surface area contributed by atoms with Gasteiger partial charge >= 0.3 is 5.97 Å². The number of aliphatic hydroxyl groups is 1. The van der Waals surface area contributed by atoms with Crippen molar-refractivity contribution in [3.63, 3.8) is 0 Å². The van der Waals surface area contributed by atoms with Crippen LogP contribution in [-0.2, 0) is 9.53 Å². The fourth-order valence-corrected chi connectivity index (χ4v) is 1.26. The van der Waals surface area contributed by atoms with E-state index in [1.807, 2.05) is 6.07 Å². The van der Waals surface area contributed by atoms with Crippen molar-refractivity contribution in [1.82, 2.24) is 0 Å². The van der Waals surface area contributed by atoms with Gasteiger partial charge in [-0.25, -0.2) is 4.79 Å². The lowest BCUT2D eigenvalue weighted by molar-refractivity contribution is -0.426. The zero-order valence-electron chi connectivity index (χ0n) is 8.72. The van der Waals surface area contributed by atoms with Crippen LogP contribution in [0.25, 0.3) is 0 Å². The molecule has 4 N–H and O–H groups in total. The number of aliphatic hydroxyl groups excluding tert-OH is 1. The molecule has 1 aromatic rings. The molecule has 1 aromatic carbocycles. The van der Waals surface area contributed by atoms with Crippen molar-refractivity contribution < 1.29 is 20.4 Å². The highest BCUT2D eigenvalue weighted by atomic mass is 16.5. The summed E-state index contributed by atoms with van der Waals surface area (Å²) in [6.07, 6.45) is -0.912. The highest BCUT2D eigenvalue weighted by Crippen LogP contribution is 2.14. The molecule has 0 aliphatic rings. The van der Waals surface area contributed by atoms with Crippen molar-refractivity contribution in [2.75, 3.05) is 6.61 Å². The molecule has 2 atom stereocenters. The minimum Gasteiger partial charge on any atom is -0.462 e. The lowest BCUT2D eigenvalue weighted by Crippen LogP contribution is -2.68. The SMILES string of the molecule is CCOC(=O)[C@H]([NH3+])[C@H](O)c1ccccc1. The Kier molecular flexibility index (Phi) is 4.27. The van der Waals surface area contributed by atoms with Crippen LogP contribution in [0.2, 0.25) is 0 Å². The molecule has 0 spiro atoms. The first kappa shape index (κ1) is 11.7. The summed E-state index contributed by atoms with van der Waals surface area (Å²) in [6, 6.07) is 8.17. The monoisotopic (exact) mass is 210 g/mol. The van der Waals surface area contributed by atoms with E-state index in [2.05, 4.69) is 5.73 Å². The Hall–Kier alpha value is -1.39. The van der Waals surface area contributed by atoms with E-state index in [-0.39, 0.29) is 0 Å². The fraction of sp³-hybridized carbons (Fsp3) is 0.364. The van der Waals surface area contributed by atoms with Crippen molar-refractivity contribution in [2.24, 2.45) is 0 Å². The summed E-state index contributed by atoms with van der Waals surface area (Å²) >= 11 is 0. The first-order valence-corrected chi connectivity index (χ1v) is 4.89. The first-order valence-electron chi connectivity index (χ1n) is 4.89. The molecule has 82 valence electrons. The van der Waals surface area contributed by atoms with E-state index in [9.17, 15) is 9.90 Å². The minimum absolute atomic E-state index is 0.298. The van der Waals surface area contributed by atoms with Gasteiger partial charge in [-0.3, -0.25) is 0 Å². The largest absolute Gasteiger partial charge is 0.462 e. The maximum absolute atomic E-state index is 11.3. The molecule has 0 aliphatic heterocycles. The summed E-state index contributed by atoms with van der Waals surface area (Å²) in [4.78, 5) is 11.3. The van der Waals surface area contributed by atoms with E-state index in [4.69, 9.17) is 4.74 Å². The molecular weight excluding hydrogens is 194 g/mol. The summed E-state index contributed by atoms with van der Waals surface area (Å²) in [7, 11) is 0. The Labute approximate surface area is 88.7 Å². The predicted octanol–water partition coefficient (Wildman–Crippen LogP) is -0.106. The lowest BCUT2D eigenvalue weighted by atomic mass is 10.0. The molecule has 4 heteroatoms. The summed E-state index contributed by atoms with van der Waals surface area (Å²) in [5.41, 5.74) is 4.28. The Morgan fingerprint density at radius 2 is 2.07 bits per heavy atom. The zero-order valence-corrected chi connectivity index (χ0v) is 8.72. The fourth-order valence-electron chi connectivity index (χ4n) is 1.26. The molecule has 0 unspecified atom stereocenters. The van der Waals surface area contributed by atoms with Crippen molar-refractivity contribution in [1.29, 1.82) is 0 Å². The molecule has 4 nitrogen and oxygen atoms in total. The number of hydrogen-bond donors (Lipinski definition) is 2. The molecule has 0 radical (unpaired) electrons. The maximum Gasteiger partial charge on any atom is 0.367 e. The maximum atomic E-state index is 11.3. The van der Waals surface area contributed by atoms with Crippen LogP contribution < -0.4 is 5.73 Å². The van der Waals surface area contributed by atoms with E-state index < -0.39 is 18.1 Å². The predicted molar refractivity (Wildman–Crippen MR) is 54.7 cm³/mol. The smallest absolute Gasteiger partial charge is 0.367 e. The van der Waals surface area contributed by atoms with E-state index in [1.165, 1.54) is 0 Å². The van der Waals surface area contributed by atoms with Gasteiger partial charge in [-0.2, -0.15) is 0 Å². The van der Waals surface area contributed by atoms with Crippen molar-refractivity contribution >= 4 is 5.97 Å². The molecule has 0 bridgehead atoms. The van der Waals surface area contributed by atoms with Gasteiger partial charge < -0.3 is 15.6 Å². The first-order chi connectivity index (χ1) is 7.16. The Bertz CT molecular complexity index is 313. The normalized spacial score (nSPS) is 14.3. The minimum atomic E-state index is -0.912. The molecule has 0 saturated carbocycles. The van der Waals surface area contributed by atoms with Gasteiger partial charge in [0.2, 0.25) is 6.04 Å². The number of carbonyl (C=O) groups is 1. The second kappa shape index (κ2) is 5.48. The molecule has 1 rings (SSSR count). The molecule has 0 saturated heterocycles. The standard InChI is InChI=1S/C11H15NO3/c1-2-15-11(14)9(12)10(13)8-6-4-3-5-7-8/h3-7,9-10,13H,2,12H2,1H3/p+1/t9-,10-/m1/s1. The summed E-state index contributed by atoms with van der Waals surface area (Å²) in [5, 5.41) is 9.82. The summed E-state index contributed by atoms with van der Waals surface area (Å²) in [5.74, 6) is -0.478. The zero-order chi connectivity index (χ0) is 11.3. The molecule has 0 aromatic heterocycles. The highest BCUT2D eigenvalue weighted by molar-refractivity contribution is 5.74. The Morgan fingerprint density at radius 3 is 2.60 bits per heavy atom. The highest BCUT2D eigenvalue weighted by Gasteiger charge is 2.28. The van der Waals surface area contributed by atoms with Crippen LogP contribution in [0.4, 0.5) is 0 Å². The third kappa shape index (κ3) is 3.04. The van der Waals surface area contributed by atoms with Gasteiger partial charge in [-0.1, -0.05) is 30.3 Å². The number of benzene rings is 1. The van der Waals surface area contributed by atoms with Gasteiger partial charge in [-0.15, -0.1) is 0 Å². The van der Waals surface area contributed by atoms with Gasteiger partial charge in [0.1, 0.15) is 6.10 Å². The van der Waals surface area contributed by atoms with Crippen LogP contribution in [0.3, 0.4) is 0 Å². The third-order valence-electron chi connectivity index (χ3n) is 2.11. The molecule has 0 fully saturated rings. The topological polar surface area (TPSA) is 74.2 Å². The number of quaternary nitrogens is 1. The van der Waals surface area contributed by atoms with Gasteiger partial charge in [0.15, 0.2) is 0 Å². The molecule has 0 amide bonds. The van der Waals surface area contributed by atoms with E-state index >= 15 is 0 Å². The number of carbonyl (C=O) groups excluding carboxylic acids is 1. The van der Waals surface area contributed by atoms with Crippen LogP contribution in [-0.4, -0.2) is 23.7 Å². The second-order valence-electron chi connectivity index (χ2n) is 3.21. The quantitative estimate of drug-likeness (QED) is 0.681. The van der Waals surface area contributed by atoms with Crippen molar-refractivity contribution in [2.45, 2.75) is 19.1 Å². The second-order valence-corrected chi connectivity index (χ2v) is 3.21. The van der Waals surface area contributed by atoms with Crippen LogP contribution in [0, 0.1) is 0 Å². The third-order valence-corrected chi connectivity index (χ3v) is 2.11. The lowest BCUT2D eigenvalue weighted by Gasteiger charge is -2.14. The molecule has 0 aliphatic carbocycles. The van der Waals surface area contributed by atoms with Crippen molar-refractivity contribution in [3.05, 3.63) is 35.9 Å². The Morgan fingerprint density at radius 1 is 1.47 bits per heavy atom. The molecule has 15 heavy (non-hydrogen) atoms. The average molecular weight is 210 g/mol. The van der Waals surface area contributed by atoms with Gasteiger partial charge in [-0.05, 0) is 12.5 Å². The van der Waals surface area contributed by atoms with E-state index in [0.717, 1.165) is 0 Å². The average Bonchev–Trinajstić information content (AvgIpc) is 2.28. The summed E-state index contributed by atoms with van der Waals surface area (Å²) < 4.78 is 4.78. The van der Waals surface area contributed by atoms with Crippen LogP contribution >= 0.6 is 0 Å². The number of esters is 1. The molecule has 0 heterocycles. The Balaban J connectivity index is 2.68. The van der Waals surface area contributed by atoms with E-state index in [1.54, 1.807) is 31.2 Å². The summed E-state index contributed by atoms with van der Waals surface area (Å²) in [6.45, 7) is 2.02.